The molecule has 0 spiro atoms. The predicted octanol–water partition coefficient (Wildman–Crippen LogP) is 1.73. The van der Waals surface area contributed by atoms with E-state index in [1.54, 1.807) is 12.4 Å². The van der Waals surface area contributed by atoms with E-state index in [4.69, 9.17) is 0 Å². The molecule has 0 saturated heterocycles. The van der Waals surface area contributed by atoms with Crippen molar-refractivity contribution in [3.63, 3.8) is 0 Å². The summed E-state index contributed by atoms with van der Waals surface area (Å²) in [6, 6.07) is 9.86. The molecule has 5 heteroatoms. The summed E-state index contributed by atoms with van der Waals surface area (Å²) < 4.78 is 0. The van der Waals surface area contributed by atoms with Crippen LogP contribution in [0.3, 0.4) is 0 Å². The molecule has 1 N–H and O–H groups in total. The molecule has 5 nitrogen and oxygen atoms in total. The zero-order valence-corrected chi connectivity index (χ0v) is 8.83. The zero-order chi connectivity index (χ0) is 11.5. The van der Waals surface area contributed by atoms with E-state index in [2.05, 4.69) is 31.7 Å². The molecule has 0 fully saturated rings. The Kier molecular flexibility index (Phi) is 2.34. The second-order valence-corrected chi connectivity index (χ2v) is 3.46. The van der Waals surface area contributed by atoms with E-state index in [9.17, 15) is 0 Å². The highest BCUT2D eigenvalue weighted by molar-refractivity contribution is 5.77. The van der Waals surface area contributed by atoms with Gasteiger partial charge >= 0.3 is 0 Å². The van der Waals surface area contributed by atoms with Crippen LogP contribution in [0.2, 0.25) is 0 Å². The van der Waals surface area contributed by atoms with Gasteiger partial charge in [-0.25, -0.2) is 9.97 Å². The lowest BCUT2D eigenvalue weighted by Gasteiger charge is -2.04. The Hall–Kier alpha value is -2.56. The average molecular weight is 222 g/mol. The minimum Gasteiger partial charge on any atom is -0.265 e. The third-order valence-corrected chi connectivity index (χ3v) is 2.41. The topological polar surface area (TPSA) is 67.3 Å². The van der Waals surface area contributed by atoms with Crippen LogP contribution in [0.5, 0.6) is 0 Å². The molecule has 1 aromatic carbocycles. The van der Waals surface area contributed by atoms with Crippen molar-refractivity contribution in [2.45, 2.75) is 0 Å². The Morgan fingerprint density at radius 2 is 2.00 bits per heavy atom. The molecule has 3 aromatic rings. The number of hydrogen-bond donors (Lipinski definition) is 1. The fourth-order valence-corrected chi connectivity index (χ4v) is 1.63. The molecule has 0 aliphatic heterocycles. The van der Waals surface area contributed by atoms with Gasteiger partial charge in [-0.05, 0) is 0 Å². The van der Waals surface area contributed by atoms with Crippen molar-refractivity contribution in [2.24, 2.45) is 0 Å². The van der Waals surface area contributed by atoms with Gasteiger partial charge in [-0.1, -0.05) is 35.5 Å². The molecule has 1 radical (unpaired) electrons. The molecule has 0 atom stereocenters. The monoisotopic (exact) mass is 222 g/mol. The summed E-state index contributed by atoms with van der Waals surface area (Å²) in [7, 11) is 0. The Balaban J connectivity index is 2.18. The van der Waals surface area contributed by atoms with Crippen molar-refractivity contribution in [1.82, 2.24) is 25.4 Å². The Labute approximate surface area is 97.6 Å². The zero-order valence-electron chi connectivity index (χ0n) is 8.83. The van der Waals surface area contributed by atoms with Crippen LogP contribution >= 0.6 is 0 Å². The summed E-state index contributed by atoms with van der Waals surface area (Å²) in [6.07, 6.45) is 6.00. The van der Waals surface area contributed by atoms with Crippen molar-refractivity contribution < 1.29 is 0 Å². The first-order valence-corrected chi connectivity index (χ1v) is 5.10. The summed E-state index contributed by atoms with van der Waals surface area (Å²) in [5.74, 6) is 0. The third-order valence-electron chi connectivity index (χ3n) is 2.41. The van der Waals surface area contributed by atoms with Gasteiger partial charge in [-0.3, -0.25) is 5.10 Å². The van der Waals surface area contributed by atoms with Crippen LogP contribution in [-0.2, 0) is 0 Å². The first kappa shape index (κ1) is 9.65. The summed E-state index contributed by atoms with van der Waals surface area (Å²) >= 11 is 0. The van der Waals surface area contributed by atoms with Crippen molar-refractivity contribution in [2.75, 3.05) is 0 Å². The van der Waals surface area contributed by atoms with E-state index in [1.807, 2.05) is 30.3 Å². The van der Waals surface area contributed by atoms with Crippen LogP contribution in [0.25, 0.3) is 22.5 Å². The van der Waals surface area contributed by atoms with Gasteiger partial charge in [0, 0.05) is 17.3 Å². The van der Waals surface area contributed by atoms with Gasteiger partial charge in [0.05, 0.1) is 11.9 Å². The van der Waals surface area contributed by atoms with Crippen LogP contribution in [0.15, 0.2) is 42.7 Å². The number of aromatic amines is 1. The first-order chi connectivity index (χ1) is 8.45. The molecular weight excluding hydrogens is 214 g/mol. The van der Waals surface area contributed by atoms with E-state index < -0.39 is 0 Å². The minimum atomic E-state index is 0.720. The predicted molar refractivity (Wildman–Crippen MR) is 61.7 cm³/mol. The van der Waals surface area contributed by atoms with Crippen molar-refractivity contribution in [3.05, 3.63) is 49.1 Å². The number of H-pyrrole nitrogens is 1. The van der Waals surface area contributed by atoms with Crippen LogP contribution in [0, 0.1) is 6.33 Å². The van der Waals surface area contributed by atoms with Crippen molar-refractivity contribution >= 4 is 0 Å². The van der Waals surface area contributed by atoms with Gasteiger partial charge in [0.25, 0.3) is 0 Å². The summed E-state index contributed by atoms with van der Waals surface area (Å²) in [5.41, 5.74) is 3.36. The Bertz CT molecular complexity index is 604. The van der Waals surface area contributed by atoms with Gasteiger partial charge in [-0.15, -0.1) is 5.10 Å². The second kappa shape index (κ2) is 4.13. The molecule has 0 bridgehead atoms. The van der Waals surface area contributed by atoms with Crippen molar-refractivity contribution in [1.29, 1.82) is 0 Å². The molecule has 0 aliphatic rings. The molecule has 0 unspecified atom stereocenters. The lowest BCUT2D eigenvalue weighted by Crippen LogP contribution is -1.91. The van der Waals surface area contributed by atoms with E-state index >= 15 is 0 Å². The molecule has 0 saturated carbocycles. The van der Waals surface area contributed by atoms with Gasteiger partial charge in [0.2, 0.25) is 0 Å². The van der Waals surface area contributed by atoms with E-state index in [0.717, 1.165) is 22.5 Å². The maximum Gasteiger partial charge on any atom is 0.198 e. The maximum atomic E-state index is 4.19. The average Bonchev–Trinajstić information content (AvgIpc) is 2.94. The lowest BCUT2D eigenvalue weighted by molar-refractivity contribution is 0.941. The van der Waals surface area contributed by atoms with Gasteiger partial charge < -0.3 is 0 Å². The van der Waals surface area contributed by atoms with Crippen LogP contribution in [-0.4, -0.2) is 25.4 Å². The van der Waals surface area contributed by atoms with Gasteiger partial charge in [0.1, 0.15) is 5.69 Å². The molecule has 0 amide bonds. The number of rotatable bonds is 2. The van der Waals surface area contributed by atoms with Crippen LogP contribution in [0.4, 0.5) is 0 Å². The number of nitrogens with zero attached hydrogens (tertiary/aromatic N) is 4. The molecule has 81 valence electrons. The highest BCUT2D eigenvalue weighted by Gasteiger charge is 2.10. The number of aromatic nitrogens is 5. The van der Waals surface area contributed by atoms with Crippen molar-refractivity contribution in [3.8, 4) is 22.5 Å². The Morgan fingerprint density at radius 1 is 1.12 bits per heavy atom. The largest absolute Gasteiger partial charge is 0.265 e. The van der Waals surface area contributed by atoms with E-state index in [0.29, 0.717) is 0 Å². The minimum absolute atomic E-state index is 0.720. The lowest BCUT2D eigenvalue weighted by atomic mass is 10.1. The van der Waals surface area contributed by atoms with E-state index in [1.165, 1.54) is 0 Å². The quantitative estimate of drug-likeness (QED) is 0.717. The number of nitrogens with one attached hydrogen (secondary N) is 1. The maximum absolute atomic E-state index is 4.19. The van der Waals surface area contributed by atoms with Crippen LogP contribution in [0.1, 0.15) is 0 Å². The molecular formula is C12H8N5. The standard InChI is InChI=1S/C12H8N5/c1-2-4-9(5-3-1)12-10(6-13-8-14-12)11-7-15-17-16-11/h1-7H,(H,15,16,17). The first-order valence-electron chi connectivity index (χ1n) is 5.10. The SMILES string of the molecule is [c]1ncc(-c2c[nH]nn2)c(-c2ccccc2)n1. The smallest absolute Gasteiger partial charge is 0.198 e. The van der Waals surface area contributed by atoms with E-state index in [-0.39, 0.29) is 0 Å². The third kappa shape index (κ3) is 1.78. The number of benzene rings is 1. The second-order valence-electron chi connectivity index (χ2n) is 3.46. The highest BCUT2D eigenvalue weighted by Crippen LogP contribution is 2.26. The van der Waals surface area contributed by atoms with Gasteiger partial charge in [0.15, 0.2) is 6.33 Å². The fraction of sp³-hybridized carbons (Fsp3) is 0. The molecule has 3 rings (SSSR count). The molecule has 0 aliphatic carbocycles. The number of hydrogen-bond acceptors (Lipinski definition) is 4. The molecule has 17 heavy (non-hydrogen) atoms. The van der Waals surface area contributed by atoms with Gasteiger partial charge in [-0.2, -0.15) is 0 Å². The van der Waals surface area contributed by atoms with Crippen LogP contribution < -0.4 is 0 Å². The fourth-order valence-electron chi connectivity index (χ4n) is 1.63. The normalized spacial score (nSPS) is 10.4. The summed E-state index contributed by atoms with van der Waals surface area (Å²) in [5, 5.41) is 10.3. The Morgan fingerprint density at radius 3 is 2.76 bits per heavy atom. The summed E-state index contributed by atoms with van der Waals surface area (Å²) in [6.45, 7) is 0. The molecule has 2 aromatic heterocycles. The highest BCUT2D eigenvalue weighted by atomic mass is 15.3. The summed E-state index contributed by atoms with van der Waals surface area (Å²) in [4.78, 5) is 8.10. The molecule has 2 heterocycles.